The zero-order valence-electron chi connectivity index (χ0n) is 13.5. The highest BCUT2D eigenvalue weighted by molar-refractivity contribution is 5.75. The number of hydrogen-bond donors (Lipinski definition) is 1. The minimum atomic E-state index is -0.142. The number of amides is 1. The molecule has 1 aromatic heterocycles. The Balaban J connectivity index is 1.68. The molecule has 0 saturated heterocycles. The zero-order valence-corrected chi connectivity index (χ0v) is 13.5. The first kappa shape index (κ1) is 15.7. The number of nitrogens with zero attached hydrogens (tertiary/aromatic N) is 2. The summed E-state index contributed by atoms with van der Waals surface area (Å²) in [5, 5.41) is 7.63. The number of carbonyl (C=O) groups excluding carboxylic acids is 1. The summed E-state index contributed by atoms with van der Waals surface area (Å²) in [6, 6.07) is 10.3. The van der Waals surface area contributed by atoms with Crippen LogP contribution in [0.1, 0.15) is 42.7 Å². The lowest BCUT2D eigenvalue weighted by atomic mass is 10.1. The van der Waals surface area contributed by atoms with Crippen LogP contribution in [0.4, 0.5) is 0 Å². The largest absolute Gasteiger partial charge is 0.370 e. The highest BCUT2D eigenvalue weighted by Crippen LogP contribution is 2.25. The van der Waals surface area contributed by atoms with Crippen molar-refractivity contribution in [3.05, 3.63) is 53.3 Å². The van der Waals surface area contributed by atoms with Gasteiger partial charge in [0.25, 0.3) is 0 Å². The molecule has 3 rings (SSSR count). The van der Waals surface area contributed by atoms with Gasteiger partial charge in [-0.05, 0) is 24.0 Å². The predicted molar refractivity (Wildman–Crippen MR) is 88.1 cm³/mol. The molecule has 1 unspecified atom stereocenters. The van der Waals surface area contributed by atoms with Crippen LogP contribution in [0.2, 0.25) is 0 Å². The van der Waals surface area contributed by atoms with Crippen LogP contribution in [-0.2, 0) is 22.5 Å². The summed E-state index contributed by atoms with van der Waals surface area (Å²) in [6.45, 7) is 3.93. The molecule has 1 N–H and O–H groups in total. The van der Waals surface area contributed by atoms with E-state index in [1.165, 1.54) is 11.1 Å². The lowest BCUT2D eigenvalue weighted by Gasteiger charge is -2.22. The Kier molecular flexibility index (Phi) is 5.08. The summed E-state index contributed by atoms with van der Waals surface area (Å²) in [4.78, 5) is 11.7. The molecule has 0 spiro atoms. The van der Waals surface area contributed by atoms with Gasteiger partial charge in [0.2, 0.25) is 5.91 Å². The fraction of sp³-hybridized carbons (Fsp3) is 0.444. The van der Waals surface area contributed by atoms with Gasteiger partial charge in [0.1, 0.15) is 6.10 Å². The first-order valence-electron chi connectivity index (χ1n) is 8.24. The van der Waals surface area contributed by atoms with Gasteiger partial charge in [0.05, 0.1) is 18.8 Å². The van der Waals surface area contributed by atoms with E-state index in [9.17, 15) is 4.79 Å². The van der Waals surface area contributed by atoms with Crippen LogP contribution >= 0.6 is 0 Å². The van der Waals surface area contributed by atoms with E-state index in [-0.39, 0.29) is 12.0 Å². The highest BCUT2D eigenvalue weighted by atomic mass is 16.5. The highest BCUT2D eigenvalue weighted by Gasteiger charge is 2.25. The number of nitrogens with one attached hydrogen (secondary N) is 1. The Hall–Kier alpha value is -2.14. The van der Waals surface area contributed by atoms with Crippen molar-refractivity contribution in [3.8, 4) is 0 Å². The van der Waals surface area contributed by atoms with Gasteiger partial charge in [-0.3, -0.25) is 9.48 Å². The second-order valence-corrected chi connectivity index (χ2v) is 5.89. The first-order valence-corrected chi connectivity index (χ1v) is 8.24. The molecule has 122 valence electrons. The van der Waals surface area contributed by atoms with Crippen molar-refractivity contribution in [2.75, 3.05) is 13.2 Å². The Morgan fingerprint density at radius 1 is 1.39 bits per heavy atom. The summed E-state index contributed by atoms with van der Waals surface area (Å²) in [6.07, 6.45) is 4.25. The van der Waals surface area contributed by atoms with E-state index in [0.29, 0.717) is 19.6 Å². The van der Waals surface area contributed by atoms with Gasteiger partial charge in [-0.15, -0.1) is 0 Å². The minimum absolute atomic E-state index is 0.0759. The molecule has 0 radical (unpaired) electrons. The maximum absolute atomic E-state index is 11.7. The van der Waals surface area contributed by atoms with Crippen LogP contribution in [0.3, 0.4) is 0 Å². The predicted octanol–water partition coefficient (Wildman–Crippen LogP) is 2.46. The fourth-order valence-electron chi connectivity index (χ4n) is 2.86. The number of benzene rings is 1. The van der Waals surface area contributed by atoms with E-state index in [2.05, 4.69) is 23.6 Å². The van der Waals surface area contributed by atoms with Crippen molar-refractivity contribution in [1.29, 1.82) is 0 Å². The van der Waals surface area contributed by atoms with E-state index in [1.807, 2.05) is 29.8 Å². The molecule has 0 bridgehead atoms. The molecule has 0 fully saturated rings. The molecule has 1 atom stereocenters. The van der Waals surface area contributed by atoms with E-state index in [1.54, 1.807) is 0 Å². The Morgan fingerprint density at radius 3 is 3.00 bits per heavy atom. The summed E-state index contributed by atoms with van der Waals surface area (Å²) >= 11 is 0. The molecule has 1 aliphatic heterocycles. The summed E-state index contributed by atoms with van der Waals surface area (Å²) in [7, 11) is 0. The van der Waals surface area contributed by atoms with Gasteiger partial charge < -0.3 is 10.1 Å². The Bertz CT molecular complexity index is 652. The number of aromatic nitrogens is 2. The Morgan fingerprint density at radius 2 is 2.22 bits per heavy atom. The second-order valence-electron chi connectivity index (χ2n) is 5.89. The number of hydrogen-bond acceptors (Lipinski definition) is 3. The van der Waals surface area contributed by atoms with Crippen molar-refractivity contribution >= 4 is 5.91 Å². The van der Waals surface area contributed by atoms with E-state index < -0.39 is 0 Å². The van der Waals surface area contributed by atoms with Gasteiger partial charge >= 0.3 is 0 Å². The quantitative estimate of drug-likeness (QED) is 0.891. The van der Waals surface area contributed by atoms with Crippen LogP contribution in [0.25, 0.3) is 0 Å². The average Bonchev–Trinajstić information content (AvgIpc) is 2.97. The van der Waals surface area contributed by atoms with Gasteiger partial charge in [-0.1, -0.05) is 37.3 Å². The second kappa shape index (κ2) is 7.42. The standard InChI is InChI=1S/C18H23N3O2/c1-2-6-17(22)19-11-16-18-15(9-10-23-16)13-21(20-18)12-14-7-4-3-5-8-14/h3-5,7-8,13,16H,2,6,9-12H2,1H3,(H,19,22). The SMILES string of the molecule is CCCC(=O)NCC1OCCc2cn(Cc3ccccc3)nc21. The lowest BCUT2D eigenvalue weighted by molar-refractivity contribution is -0.121. The van der Waals surface area contributed by atoms with Crippen molar-refractivity contribution < 1.29 is 9.53 Å². The molecule has 0 saturated carbocycles. The van der Waals surface area contributed by atoms with Crippen LogP contribution in [0.15, 0.2) is 36.5 Å². The summed E-state index contributed by atoms with van der Waals surface area (Å²) in [5.41, 5.74) is 3.41. The Labute approximate surface area is 136 Å². The van der Waals surface area contributed by atoms with E-state index >= 15 is 0 Å². The van der Waals surface area contributed by atoms with Crippen molar-refractivity contribution in [2.45, 2.75) is 38.8 Å². The lowest BCUT2D eigenvalue weighted by Crippen LogP contribution is -2.31. The molecule has 1 amide bonds. The summed E-state index contributed by atoms with van der Waals surface area (Å²) in [5.74, 6) is 0.0759. The normalized spacial score (nSPS) is 16.8. The third-order valence-corrected chi connectivity index (χ3v) is 4.01. The molecule has 1 aromatic carbocycles. The summed E-state index contributed by atoms with van der Waals surface area (Å²) < 4.78 is 7.77. The first-order chi connectivity index (χ1) is 11.3. The number of fused-ring (bicyclic) bond motifs is 1. The molecule has 1 aliphatic rings. The molecule has 5 heteroatoms. The molecule has 0 aliphatic carbocycles. The molecule has 2 heterocycles. The third-order valence-electron chi connectivity index (χ3n) is 4.01. The van der Waals surface area contributed by atoms with Crippen LogP contribution < -0.4 is 5.32 Å². The molecule has 5 nitrogen and oxygen atoms in total. The van der Waals surface area contributed by atoms with Crippen LogP contribution in [0, 0.1) is 0 Å². The molecular formula is C18H23N3O2. The van der Waals surface area contributed by atoms with E-state index in [4.69, 9.17) is 9.84 Å². The maximum atomic E-state index is 11.7. The number of ether oxygens (including phenoxy) is 1. The smallest absolute Gasteiger partial charge is 0.220 e. The zero-order chi connectivity index (χ0) is 16.1. The van der Waals surface area contributed by atoms with Gasteiger partial charge in [0.15, 0.2) is 0 Å². The topological polar surface area (TPSA) is 56.1 Å². The van der Waals surface area contributed by atoms with Crippen molar-refractivity contribution in [1.82, 2.24) is 15.1 Å². The third kappa shape index (κ3) is 3.99. The number of rotatable bonds is 6. The van der Waals surface area contributed by atoms with Crippen LogP contribution in [-0.4, -0.2) is 28.8 Å². The van der Waals surface area contributed by atoms with Crippen molar-refractivity contribution in [2.24, 2.45) is 0 Å². The maximum Gasteiger partial charge on any atom is 0.220 e. The van der Waals surface area contributed by atoms with Gasteiger partial charge in [-0.2, -0.15) is 5.10 Å². The average molecular weight is 313 g/mol. The van der Waals surface area contributed by atoms with Gasteiger partial charge in [-0.25, -0.2) is 0 Å². The monoisotopic (exact) mass is 313 g/mol. The minimum Gasteiger partial charge on any atom is -0.370 e. The molecule has 2 aromatic rings. The molecular weight excluding hydrogens is 290 g/mol. The fourth-order valence-corrected chi connectivity index (χ4v) is 2.86. The molecule has 23 heavy (non-hydrogen) atoms. The van der Waals surface area contributed by atoms with Crippen molar-refractivity contribution in [3.63, 3.8) is 0 Å². The van der Waals surface area contributed by atoms with E-state index in [0.717, 1.165) is 25.1 Å². The number of carbonyl (C=O) groups is 1. The van der Waals surface area contributed by atoms with Gasteiger partial charge in [0, 0.05) is 19.2 Å². The van der Waals surface area contributed by atoms with Crippen LogP contribution in [0.5, 0.6) is 0 Å².